The molecule has 22 heavy (non-hydrogen) atoms. The molecule has 0 radical (unpaired) electrons. The van der Waals surface area contributed by atoms with Gasteiger partial charge in [-0.3, -0.25) is 14.9 Å². The van der Waals surface area contributed by atoms with Gasteiger partial charge in [-0.2, -0.15) is 0 Å². The Kier molecular flexibility index (Phi) is 4.92. The molecule has 0 aromatic heterocycles. The largest absolute Gasteiger partial charge is 0.365 e. The Balaban J connectivity index is 2.37. The number of hydrogen-bond donors (Lipinski definition) is 0. The maximum atomic E-state index is 11.4. The lowest BCUT2D eigenvalue weighted by atomic mass is 10.1. The first-order chi connectivity index (χ1) is 10.4. The highest BCUT2D eigenvalue weighted by Crippen LogP contribution is 2.30. The summed E-state index contributed by atoms with van der Waals surface area (Å²) < 4.78 is 0.949. The van der Waals surface area contributed by atoms with Gasteiger partial charge in [-0.15, -0.1) is 0 Å². The SMILES string of the molecule is CC(=O)c1ccc(N(C)Cc2ccccc2Br)c([N+](=O)[O-])c1. The molecule has 2 aromatic rings. The van der Waals surface area contributed by atoms with Crippen molar-refractivity contribution < 1.29 is 9.72 Å². The summed E-state index contributed by atoms with van der Waals surface area (Å²) >= 11 is 3.47. The van der Waals surface area contributed by atoms with E-state index >= 15 is 0 Å². The molecule has 2 aromatic carbocycles. The van der Waals surface area contributed by atoms with Gasteiger partial charge in [0.15, 0.2) is 5.78 Å². The summed E-state index contributed by atoms with van der Waals surface area (Å²) in [6.45, 7) is 1.91. The van der Waals surface area contributed by atoms with Crippen LogP contribution in [-0.2, 0) is 6.54 Å². The van der Waals surface area contributed by atoms with Gasteiger partial charge in [-0.25, -0.2) is 0 Å². The van der Waals surface area contributed by atoms with Crippen molar-refractivity contribution in [1.29, 1.82) is 0 Å². The van der Waals surface area contributed by atoms with Gasteiger partial charge in [0, 0.05) is 29.7 Å². The number of nitrogens with zero attached hydrogens (tertiary/aromatic N) is 2. The van der Waals surface area contributed by atoms with Crippen molar-refractivity contribution >= 4 is 33.1 Å². The summed E-state index contributed by atoms with van der Waals surface area (Å²) in [7, 11) is 1.79. The normalized spacial score (nSPS) is 10.3. The van der Waals surface area contributed by atoms with Crippen molar-refractivity contribution in [1.82, 2.24) is 0 Å². The molecule has 0 fully saturated rings. The van der Waals surface area contributed by atoms with Gasteiger partial charge in [-0.1, -0.05) is 34.1 Å². The summed E-state index contributed by atoms with van der Waals surface area (Å²) in [5.41, 5.74) is 1.77. The Hall–Kier alpha value is -2.21. The molecule has 0 spiro atoms. The van der Waals surface area contributed by atoms with Crippen LogP contribution < -0.4 is 4.90 Å². The number of nitro benzene ring substituents is 1. The number of ketones is 1. The summed E-state index contributed by atoms with van der Waals surface area (Å²) in [6, 6.07) is 12.3. The van der Waals surface area contributed by atoms with Crippen LogP contribution in [0.3, 0.4) is 0 Å². The van der Waals surface area contributed by atoms with Crippen LogP contribution in [0, 0.1) is 10.1 Å². The molecule has 0 saturated heterocycles. The molecule has 0 atom stereocenters. The Bertz CT molecular complexity index is 731. The average Bonchev–Trinajstić information content (AvgIpc) is 2.48. The topological polar surface area (TPSA) is 63.5 Å². The lowest BCUT2D eigenvalue weighted by molar-refractivity contribution is -0.384. The van der Waals surface area contributed by atoms with Crippen LogP contribution in [-0.4, -0.2) is 17.8 Å². The van der Waals surface area contributed by atoms with Gasteiger partial charge in [0.05, 0.1) is 4.92 Å². The Morgan fingerprint density at radius 2 is 1.95 bits per heavy atom. The van der Waals surface area contributed by atoms with E-state index in [2.05, 4.69) is 15.9 Å². The lowest BCUT2D eigenvalue weighted by Crippen LogP contribution is -2.18. The fourth-order valence-electron chi connectivity index (χ4n) is 2.18. The molecule has 0 N–H and O–H groups in total. The van der Waals surface area contributed by atoms with Crippen molar-refractivity contribution in [3.63, 3.8) is 0 Å². The first kappa shape index (κ1) is 16.2. The van der Waals surface area contributed by atoms with E-state index in [1.165, 1.54) is 13.0 Å². The third kappa shape index (κ3) is 3.51. The molecule has 0 aliphatic heterocycles. The van der Waals surface area contributed by atoms with E-state index in [1.54, 1.807) is 24.1 Å². The zero-order valence-corrected chi connectivity index (χ0v) is 13.8. The standard InChI is InChI=1S/C16H15BrN2O3/c1-11(20)12-7-8-15(16(9-12)19(21)22)18(2)10-13-5-3-4-6-14(13)17/h3-9H,10H2,1-2H3. The molecule has 0 heterocycles. The summed E-state index contributed by atoms with van der Waals surface area (Å²) in [5, 5.41) is 11.3. The lowest BCUT2D eigenvalue weighted by Gasteiger charge is -2.20. The van der Waals surface area contributed by atoms with E-state index in [-0.39, 0.29) is 11.5 Å². The molecular formula is C16H15BrN2O3. The van der Waals surface area contributed by atoms with Gasteiger partial charge >= 0.3 is 0 Å². The Labute approximate surface area is 136 Å². The van der Waals surface area contributed by atoms with Gasteiger partial charge in [0.1, 0.15) is 5.69 Å². The molecule has 0 unspecified atom stereocenters. The molecule has 114 valence electrons. The second-order valence-electron chi connectivity index (χ2n) is 4.96. The van der Waals surface area contributed by atoms with E-state index in [0.717, 1.165) is 10.0 Å². The van der Waals surface area contributed by atoms with E-state index < -0.39 is 4.92 Å². The minimum absolute atomic E-state index is 0.0674. The number of benzene rings is 2. The van der Waals surface area contributed by atoms with Gasteiger partial charge in [-0.05, 0) is 30.7 Å². The molecule has 6 heteroatoms. The van der Waals surface area contributed by atoms with Gasteiger partial charge < -0.3 is 4.90 Å². The van der Waals surface area contributed by atoms with Crippen molar-refractivity contribution in [3.05, 3.63) is 68.2 Å². The fraction of sp³-hybridized carbons (Fsp3) is 0.188. The molecular weight excluding hydrogens is 348 g/mol. The number of hydrogen-bond acceptors (Lipinski definition) is 4. The van der Waals surface area contributed by atoms with Crippen LogP contribution in [0.2, 0.25) is 0 Å². The fourth-order valence-corrected chi connectivity index (χ4v) is 2.59. The van der Waals surface area contributed by atoms with Crippen LogP contribution in [0.5, 0.6) is 0 Å². The van der Waals surface area contributed by atoms with Crippen molar-refractivity contribution in [2.24, 2.45) is 0 Å². The Morgan fingerprint density at radius 3 is 2.55 bits per heavy atom. The van der Waals surface area contributed by atoms with Crippen molar-refractivity contribution in [2.45, 2.75) is 13.5 Å². The number of nitro groups is 1. The zero-order chi connectivity index (χ0) is 16.3. The van der Waals surface area contributed by atoms with Gasteiger partial charge in [0.2, 0.25) is 0 Å². The van der Waals surface area contributed by atoms with Crippen molar-refractivity contribution in [3.8, 4) is 0 Å². The number of anilines is 1. The molecule has 0 saturated carbocycles. The molecule has 2 rings (SSSR count). The number of carbonyl (C=O) groups excluding carboxylic acids is 1. The molecule has 5 nitrogen and oxygen atoms in total. The van der Waals surface area contributed by atoms with E-state index in [9.17, 15) is 14.9 Å². The van der Waals surface area contributed by atoms with Crippen LogP contribution in [0.4, 0.5) is 11.4 Å². The highest BCUT2D eigenvalue weighted by atomic mass is 79.9. The monoisotopic (exact) mass is 362 g/mol. The number of rotatable bonds is 5. The third-order valence-corrected chi connectivity index (χ3v) is 4.13. The molecule has 0 bridgehead atoms. The van der Waals surface area contributed by atoms with Gasteiger partial charge in [0.25, 0.3) is 5.69 Å². The highest BCUT2D eigenvalue weighted by molar-refractivity contribution is 9.10. The van der Waals surface area contributed by atoms with Crippen LogP contribution in [0.15, 0.2) is 46.9 Å². The highest BCUT2D eigenvalue weighted by Gasteiger charge is 2.19. The minimum atomic E-state index is -0.460. The number of carbonyl (C=O) groups is 1. The predicted molar refractivity (Wildman–Crippen MR) is 89.3 cm³/mol. The predicted octanol–water partition coefficient (Wildman–Crippen LogP) is 4.20. The maximum absolute atomic E-state index is 11.4. The quantitative estimate of drug-likeness (QED) is 0.454. The second-order valence-corrected chi connectivity index (χ2v) is 5.82. The van der Waals surface area contributed by atoms with Crippen molar-refractivity contribution in [2.75, 3.05) is 11.9 Å². The second kappa shape index (κ2) is 6.70. The average molecular weight is 363 g/mol. The zero-order valence-electron chi connectivity index (χ0n) is 12.2. The van der Waals surface area contributed by atoms with E-state index in [1.807, 2.05) is 24.3 Å². The molecule has 0 aliphatic carbocycles. The smallest absolute Gasteiger partial charge is 0.293 e. The third-order valence-electron chi connectivity index (χ3n) is 3.36. The first-order valence-electron chi connectivity index (χ1n) is 6.64. The summed E-state index contributed by atoms with van der Waals surface area (Å²) in [4.78, 5) is 24.0. The number of Topliss-reactive ketones (excluding diaryl/α,β-unsaturated/α-hetero) is 1. The minimum Gasteiger partial charge on any atom is -0.365 e. The number of halogens is 1. The first-order valence-corrected chi connectivity index (χ1v) is 7.43. The maximum Gasteiger partial charge on any atom is 0.293 e. The van der Waals surface area contributed by atoms with Crippen LogP contribution in [0.1, 0.15) is 22.8 Å². The molecule has 0 amide bonds. The van der Waals surface area contributed by atoms with Crippen LogP contribution in [0.25, 0.3) is 0 Å². The summed E-state index contributed by atoms with van der Waals surface area (Å²) in [5.74, 6) is -0.192. The van der Waals surface area contributed by atoms with E-state index in [0.29, 0.717) is 17.8 Å². The van der Waals surface area contributed by atoms with E-state index in [4.69, 9.17) is 0 Å². The Morgan fingerprint density at radius 1 is 1.27 bits per heavy atom. The molecule has 0 aliphatic rings. The summed E-state index contributed by atoms with van der Waals surface area (Å²) in [6.07, 6.45) is 0. The van der Waals surface area contributed by atoms with Crippen LogP contribution >= 0.6 is 15.9 Å².